The molecule has 0 aliphatic carbocycles. The van der Waals surface area contributed by atoms with Crippen molar-refractivity contribution in [1.29, 1.82) is 0 Å². The lowest BCUT2D eigenvalue weighted by Crippen LogP contribution is -2.43. The van der Waals surface area contributed by atoms with E-state index in [1.54, 1.807) is 12.1 Å². The molecule has 0 aromatic heterocycles. The number of rotatable bonds is 6. The number of amides is 2. The van der Waals surface area contributed by atoms with Crippen molar-refractivity contribution in [2.24, 2.45) is 5.73 Å². The molecule has 4 N–H and O–H groups in total. The monoisotopic (exact) mass is 317 g/mol. The minimum atomic E-state index is -0.377. The summed E-state index contributed by atoms with van der Waals surface area (Å²) in [4.78, 5) is 22.5. The van der Waals surface area contributed by atoms with Gasteiger partial charge in [0.1, 0.15) is 5.82 Å². The second kappa shape index (κ2) is 8.59. The van der Waals surface area contributed by atoms with E-state index in [0.29, 0.717) is 6.54 Å². The van der Waals surface area contributed by atoms with Gasteiger partial charge in [0.2, 0.25) is 11.8 Å². The average molecular weight is 318 g/mol. The van der Waals surface area contributed by atoms with Crippen LogP contribution >= 0.6 is 12.4 Å². The first kappa shape index (κ1) is 19.3. The molecule has 2 amide bonds. The lowest BCUT2D eigenvalue weighted by Gasteiger charge is -2.25. The second-order valence-corrected chi connectivity index (χ2v) is 5.15. The smallest absolute Gasteiger partial charge is 0.239 e. The van der Waals surface area contributed by atoms with Crippen molar-refractivity contribution < 1.29 is 14.0 Å². The number of benzene rings is 1. The molecule has 0 spiro atoms. The van der Waals surface area contributed by atoms with Gasteiger partial charge in [-0.15, -0.1) is 12.4 Å². The number of nitrogens with one attached hydrogen (secondary N) is 2. The van der Waals surface area contributed by atoms with E-state index in [2.05, 4.69) is 10.6 Å². The van der Waals surface area contributed by atoms with Crippen LogP contribution in [0.3, 0.4) is 0 Å². The molecule has 0 atom stereocenters. The van der Waals surface area contributed by atoms with Gasteiger partial charge >= 0.3 is 0 Å². The van der Waals surface area contributed by atoms with Gasteiger partial charge in [0.05, 0.1) is 13.1 Å². The van der Waals surface area contributed by atoms with Crippen molar-refractivity contribution >= 4 is 24.2 Å². The summed E-state index contributed by atoms with van der Waals surface area (Å²) in [6, 6.07) is 6.16. The number of nitrogens with two attached hydrogens (primary N) is 1. The predicted octanol–water partition coefficient (Wildman–Crippen LogP) is 0.716. The van der Waals surface area contributed by atoms with Crippen molar-refractivity contribution in [3.8, 4) is 0 Å². The van der Waals surface area contributed by atoms with E-state index < -0.39 is 0 Å². The van der Waals surface area contributed by atoms with Crippen molar-refractivity contribution in [3.63, 3.8) is 0 Å². The van der Waals surface area contributed by atoms with E-state index in [1.807, 2.05) is 13.8 Å². The third-order valence-electron chi connectivity index (χ3n) is 2.98. The van der Waals surface area contributed by atoms with Gasteiger partial charge < -0.3 is 16.4 Å². The Balaban J connectivity index is 0.00000400. The molecule has 0 bridgehead atoms. The molecule has 21 heavy (non-hydrogen) atoms. The van der Waals surface area contributed by atoms with Gasteiger partial charge in [0, 0.05) is 12.0 Å². The molecule has 0 unspecified atom stereocenters. The van der Waals surface area contributed by atoms with Gasteiger partial charge in [-0.05, 0) is 17.7 Å². The quantitative estimate of drug-likeness (QED) is 0.722. The van der Waals surface area contributed by atoms with Crippen LogP contribution in [0.1, 0.15) is 19.4 Å². The summed E-state index contributed by atoms with van der Waals surface area (Å²) in [6.07, 6.45) is 0. The van der Waals surface area contributed by atoms with Gasteiger partial charge in [-0.2, -0.15) is 0 Å². The number of hydrogen-bond donors (Lipinski definition) is 3. The Morgan fingerprint density at radius 2 is 1.71 bits per heavy atom. The van der Waals surface area contributed by atoms with Crippen molar-refractivity contribution in [2.75, 3.05) is 19.6 Å². The van der Waals surface area contributed by atoms with E-state index in [1.165, 1.54) is 12.1 Å². The highest BCUT2D eigenvalue weighted by Crippen LogP contribution is 2.22. The predicted molar refractivity (Wildman–Crippen MR) is 81.7 cm³/mol. The highest BCUT2D eigenvalue weighted by atomic mass is 35.5. The summed E-state index contributed by atoms with van der Waals surface area (Å²) in [6.45, 7) is 4.03. The van der Waals surface area contributed by atoms with E-state index in [4.69, 9.17) is 5.73 Å². The Morgan fingerprint density at radius 3 is 2.24 bits per heavy atom. The highest BCUT2D eigenvalue weighted by molar-refractivity contribution is 5.85. The summed E-state index contributed by atoms with van der Waals surface area (Å²) in [7, 11) is 0. The van der Waals surface area contributed by atoms with Crippen LogP contribution in [-0.4, -0.2) is 31.4 Å². The number of halogens is 2. The van der Waals surface area contributed by atoms with Gasteiger partial charge in [0.15, 0.2) is 0 Å². The fourth-order valence-electron chi connectivity index (χ4n) is 1.64. The summed E-state index contributed by atoms with van der Waals surface area (Å²) in [5, 5.41) is 5.12. The zero-order valence-electron chi connectivity index (χ0n) is 12.1. The first-order valence-corrected chi connectivity index (χ1v) is 6.34. The summed E-state index contributed by atoms with van der Waals surface area (Å²) in [5.74, 6) is -0.960. The number of hydrogen-bond acceptors (Lipinski definition) is 3. The maximum absolute atomic E-state index is 12.9. The topological polar surface area (TPSA) is 84.2 Å². The molecule has 0 heterocycles. The summed E-state index contributed by atoms with van der Waals surface area (Å²) in [5.41, 5.74) is 5.70. The van der Waals surface area contributed by atoms with Crippen LogP contribution in [0.5, 0.6) is 0 Å². The standard InChI is InChI=1S/C14H20FN3O2.ClH/c1-14(2,10-3-5-11(15)6-4-10)9-18-13(20)8-17-12(19)7-16;/h3-6H,7-9,16H2,1-2H3,(H,17,19)(H,18,20);1H. The fraction of sp³-hybridized carbons (Fsp3) is 0.429. The molecular formula is C14H21ClFN3O2. The first-order chi connectivity index (χ1) is 9.35. The highest BCUT2D eigenvalue weighted by Gasteiger charge is 2.21. The summed E-state index contributed by atoms with van der Waals surface area (Å²) < 4.78 is 12.9. The number of carbonyl (C=O) groups is 2. The minimum Gasteiger partial charge on any atom is -0.354 e. The largest absolute Gasteiger partial charge is 0.354 e. The van der Waals surface area contributed by atoms with Crippen LogP contribution in [0.4, 0.5) is 4.39 Å². The maximum Gasteiger partial charge on any atom is 0.239 e. The summed E-state index contributed by atoms with van der Waals surface area (Å²) >= 11 is 0. The van der Waals surface area contributed by atoms with E-state index in [9.17, 15) is 14.0 Å². The minimum absolute atomic E-state index is 0. The molecule has 0 radical (unpaired) electrons. The SMILES string of the molecule is CC(C)(CNC(=O)CNC(=O)CN)c1ccc(F)cc1.Cl. The van der Waals surface area contributed by atoms with Gasteiger partial charge in [0.25, 0.3) is 0 Å². The first-order valence-electron chi connectivity index (χ1n) is 6.34. The Bertz CT molecular complexity index is 478. The molecule has 0 saturated carbocycles. The average Bonchev–Trinajstić information content (AvgIpc) is 2.43. The van der Waals surface area contributed by atoms with Gasteiger partial charge in [-0.25, -0.2) is 4.39 Å². The molecule has 118 valence electrons. The van der Waals surface area contributed by atoms with Gasteiger partial charge in [-0.3, -0.25) is 9.59 Å². The van der Waals surface area contributed by atoms with Crippen LogP contribution in [0, 0.1) is 5.82 Å². The molecular weight excluding hydrogens is 297 g/mol. The van der Waals surface area contributed by atoms with E-state index >= 15 is 0 Å². The van der Waals surface area contributed by atoms with Crippen LogP contribution < -0.4 is 16.4 Å². The third kappa shape index (κ3) is 6.55. The lowest BCUT2D eigenvalue weighted by atomic mass is 9.84. The van der Waals surface area contributed by atoms with E-state index in [-0.39, 0.29) is 48.5 Å². The van der Waals surface area contributed by atoms with Crippen LogP contribution in [0.2, 0.25) is 0 Å². The second-order valence-electron chi connectivity index (χ2n) is 5.15. The molecule has 0 aliphatic heterocycles. The molecule has 5 nitrogen and oxygen atoms in total. The molecule has 0 aliphatic rings. The molecule has 0 saturated heterocycles. The van der Waals surface area contributed by atoms with Crippen molar-refractivity contribution in [3.05, 3.63) is 35.6 Å². The van der Waals surface area contributed by atoms with Gasteiger partial charge in [-0.1, -0.05) is 26.0 Å². The lowest BCUT2D eigenvalue weighted by molar-refractivity contribution is -0.125. The zero-order valence-corrected chi connectivity index (χ0v) is 12.9. The molecule has 1 rings (SSSR count). The third-order valence-corrected chi connectivity index (χ3v) is 2.98. The van der Waals surface area contributed by atoms with E-state index in [0.717, 1.165) is 5.56 Å². The van der Waals surface area contributed by atoms with Crippen LogP contribution in [0.25, 0.3) is 0 Å². The molecule has 7 heteroatoms. The Morgan fingerprint density at radius 1 is 1.14 bits per heavy atom. The molecule has 1 aromatic carbocycles. The molecule has 0 fully saturated rings. The molecule has 1 aromatic rings. The van der Waals surface area contributed by atoms with Crippen LogP contribution in [-0.2, 0) is 15.0 Å². The van der Waals surface area contributed by atoms with Crippen molar-refractivity contribution in [1.82, 2.24) is 10.6 Å². The Labute approximate surface area is 129 Å². The maximum atomic E-state index is 12.9. The van der Waals surface area contributed by atoms with Crippen molar-refractivity contribution in [2.45, 2.75) is 19.3 Å². The number of carbonyl (C=O) groups excluding carboxylic acids is 2. The van der Waals surface area contributed by atoms with Crippen LogP contribution in [0.15, 0.2) is 24.3 Å². The Kier molecular flexibility index (Phi) is 7.91. The zero-order chi connectivity index (χ0) is 15.2. The Hall–Kier alpha value is -1.66. The normalized spacial score (nSPS) is 10.5. The fourth-order valence-corrected chi connectivity index (χ4v) is 1.64.